The Balaban J connectivity index is 1.62. The van der Waals surface area contributed by atoms with Crippen LogP contribution in [-0.2, 0) is 26.6 Å². The van der Waals surface area contributed by atoms with Gasteiger partial charge in [-0.15, -0.1) is 0 Å². The van der Waals surface area contributed by atoms with Crippen LogP contribution < -0.4 is 16.1 Å². The van der Waals surface area contributed by atoms with Crippen molar-refractivity contribution in [1.82, 2.24) is 18.7 Å². The third-order valence-corrected chi connectivity index (χ3v) is 6.03. The van der Waals surface area contributed by atoms with Crippen molar-refractivity contribution in [2.45, 2.75) is 32.9 Å². The first-order chi connectivity index (χ1) is 15.0. The van der Waals surface area contributed by atoms with Crippen LogP contribution in [0.1, 0.15) is 17.5 Å². The minimum Gasteiger partial charge on any atom is -0.312 e. The first-order valence-electron chi connectivity index (χ1n) is 10.6. The normalized spacial score (nSPS) is 13.5. The topological polar surface area (TPSA) is 65.1 Å². The number of fused-ring (bicyclic) bond motifs is 3. The van der Waals surface area contributed by atoms with E-state index in [2.05, 4.69) is 36.1 Å². The number of hydrogen-bond donors (Lipinski definition) is 0. The lowest BCUT2D eigenvalue weighted by Crippen LogP contribution is -2.40. The highest BCUT2D eigenvalue weighted by atomic mass is 16.2. The molecule has 7 heteroatoms. The Labute approximate surface area is 179 Å². The molecule has 1 aliphatic heterocycles. The fraction of sp³-hybridized carbons (Fsp3) is 0.292. The molecule has 5 rings (SSSR count). The van der Waals surface area contributed by atoms with Gasteiger partial charge in [0.05, 0.1) is 0 Å². The van der Waals surface area contributed by atoms with Crippen LogP contribution in [0.15, 0.2) is 64.2 Å². The highest BCUT2D eigenvalue weighted by molar-refractivity contribution is 5.77. The molecule has 0 N–H and O–H groups in total. The minimum atomic E-state index is -0.328. The molecule has 0 atom stereocenters. The third kappa shape index (κ3) is 3.26. The molecule has 2 aromatic heterocycles. The van der Waals surface area contributed by atoms with Gasteiger partial charge >= 0.3 is 5.69 Å². The summed E-state index contributed by atoms with van der Waals surface area (Å²) in [6.45, 7) is 3.93. The van der Waals surface area contributed by atoms with Crippen molar-refractivity contribution in [3.8, 4) is 0 Å². The van der Waals surface area contributed by atoms with Crippen molar-refractivity contribution in [3.63, 3.8) is 0 Å². The second kappa shape index (κ2) is 7.58. The highest BCUT2D eigenvalue weighted by Crippen LogP contribution is 2.30. The molecule has 158 valence electrons. The van der Waals surface area contributed by atoms with Gasteiger partial charge in [0.1, 0.15) is 0 Å². The van der Waals surface area contributed by atoms with Crippen LogP contribution >= 0.6 is 0 Å². The Morgan fingerprint density at radius 3 is 2.45 bits per heavy atom. The van der Waals surface area contributed by atoms with E-state index in [0.29, 0.717) is 30.7 Å². The van der Waals surface area contributed by atoms with Crippen LogP contribution in [0.5, 0.6) is 0 Å². The summed E-state index contributed by atoms with van der Waals surface area (Å²) in [5, 5.41) is 0. The molecule has 0 aliphatic carbocycles. The molecule has 0 fully saturated rings. The molecule has 0 spiro atoms. The summed E-state index contributed by atoms with van der Waals surface area (Å²) in [5.74, 6) is 0.720. The lowest BCUT2D eigenvalue weighted by atomic mass is 10.1. The maximum Gasteiger partial charge on any atom is 0.332 e. The first kappa shape index (κ1) is 19.4. The van der Waals surface area contributed by atoms with E-state index < -0.39 is 0 Å². The summed E-state index contributed by atoms with van der Waals surface area (Å²) < 4.78 is 4.81. The van der Waals surface area contributed by atoms with Crippen molar-refractivity contribution < 1.29 is 0 Å². The highest BCUT2D eigenvalue weighted by Gasteiger charge is 2.26. The minimum absolute atomic E-state index is 0.265. The molecule has 31 heavy (non-hydrogen) atoms. The third-order valence-electron chi connectivity index (χ3n) is 6.03. The van der Waals surface area contributed by atoms with E-state index in [1.807, 2.05) is 34.9 Å². The fourth-order valence-corrected chi connectivity index (χ4v) is 4.32. The SMILES string of the molecule is Cc1ccc(N2CCCn3c2nc2c3c(=O)n(CCc3ccccc3)c(=O)n2C)cc1. The average Bonchev–Trinajstić information content (AvgIpc) is 3.19. The largest absolute Gasteiger partial charge is 0.332 e. The molecule has 0 saturated heterocycles. The molecule has 4 aromatic rings. The summed E-state index contributed by atoms with van der Waals surface area (Å²) in [6, 6.07) is 18.2. The number of aromatic nitrogens is 4. The predicted molar refractivity (Wildman–Crippen MR) is 122 cm³/mol. The molecule has 0 radical (unpaired) electrons. The van der Waals surface area contributed by atoms with Crippen molar-refractivity contribution in [2.75, 3.05) is 11.4 Å². The standard InChI is InChI=1S/C24H25N5O2/c1-17-9-11-19(12-10-17)27-14-6-15-28-20-21(25-23(27)28)26(2)24(31)29(22(20)30)16-13-18-7-4-3-5-8-18/h3-5,7-12H,6,13-16H2,1-2H3. The lowest BCUT2D eigenvalue weighted by Gasteiger charge is -2.29. The number of anilines is 2. The predicted octanol–water partition coefficient (Wildman–Crippen LogP) is 2.99. The van der Waals surface area contributed by atoms with E-state index in [1.165, 1.54) is 14.7 Å². The smallest absolute Gasteiger partial charge is 0.312 e. The molecule has 7 nitrogen and oxygen atoms in total. The van der Waals surface area contributed by atoms with Gasteiger partial charge in [0.15, 0.2) is 11.2 Å². The Bertz CT molecular complexity index is 1360. The van der Waals surface area contributed by atoms with E-state index in [0.717, 1.165) is 30.2 Å². The van der Waals surface area contributed by atoms with Crippen LogP contribution in [-0.4, -0.2) is 25.2 Å². The van der Waals surface area contributed by atoms with Crippen molar-refractivity contribution >= 4 is 22.8 Å². The van der Waals surface area contributed by atoms with Crippen LogP contribution in [0.2, 0.25) is 0 Å². The summed E-state index contributed by atoms with van der Waals surface area (Å²) >= 11 is 0. The lowest BCUT2D eigenvalue weighted by molar-refractivity contribution is 0.585. The van der Waals surface area contributed by atoms with E-state index >= 15 is 0 Å². The van der Waals surface area contributed by atoms with Gasteiger partial charge in [-0.3, -0.25) is 13.9 Å². The second-order valence-corrected chi connectivity index (χ2v) is 8.11. The van der Waals surface area contributed by atoms with Gasteiger partial charge in [-0.2, -0.15) is 4.98 Å². The molecule has 0 bridgehead atoms. The fourth-order valence-electron chi connectivity index (χ4n) is 4.32. The molecular weight excluding hydrogens is 390 g/mol. The van der Waals surface area contributed by atoms with Crippen molar-refractivity contribution in [2.24, 2.45) is 7.05 Å². The summed E-state index contributed by atoms with van der Waals surface area (Å²) in [7, 11) is 1.69. The summed E-state index contributed by atoms with van der Waals surface area (Å²) in [5.41, 5.74) is 3.68. The van der Waals surface area contributed by atoms with E-state index in [9.17, 15) is 9.59 Å². The number of nitrogens with zero attached hydrogens (tertiary/aromatic N) is 5. The molecule has 0 unspecified atom stereocenters. The van der Waals surface area contributed by atoms with Gasteiger partial charge in [-0.1, -0.05) is 48.0 Å². The number of rotatable bonds is 4. The molecule has 3 heterocycles. The van der Waals surface area contributed by atoms with Crippen molar-refractivity contribution in [3.05, 3.63) is 86.6 Å². The monoisotopic (exact) mass is 415 g/mol. The molecular formula is C24H25N5O2. The quantitative estimate of drug-likeness (QED) is 0.514. The number of benzene rings is 2. The molecule has 0 saturated carbocycles. The van der Waals surface area contributed by atoms with Crippen LogP contribution in [0.4, 0.5) is 11.6 Å². The molecule has 1 aliphatic rings. The van der Waals surface area contributed by atoms with Crippen LogP contribution in [0.3, 0.4) is 0 Å². The molecule has 0 amide bonds. The van der Waals surface area contributed by atoms with E-state index in [-0.39, 0.29) is 11.2 Å². The Morgan fingerprint density at radius 1 is 0.968 bits per heavy atom. The zero-order valence-electron chi connectivity index (χ0n) is 17.8. The summed E-state index contributed by atoms with van der Waals surface area (Å²) in [4.78, 5) is 33.3. The van der Waals surface area contributed by atoms with E-state index in [4.69, 9.17) is 4.98 Å². The number of imidazole rings is 1. The number of hydrogen-bond acceptors (Lipinski definition) is 4. The Kier molecular flexibility index (Phi) is 4.73. The zero-order valence-corrected chi connectivity index (χ0v) is 17.8. The van der Waals surface area contributed by atoms with Crippen LogP contribution in [0, 0.1) is 6.92 Å². The maximum absolute atomic E-state index is 13.4. The second-order valence-electron chi connectivity index (χ2n) is 8.11. The first-order valence-corrected chi connectivity index (χ1v) is 10.6. The number of aryl methyl sites for hydroxylation is 4. The zero-order chi connectivity index (χ0) is 21.5. The van der Waals surface area contributed by atoms with Crippen LogP contribution in [0.25, 0.3) is 11.2 Å². The average molecular weight is 415 g/mol. The Morgan fingerprint density at radius 2 is 1.71 bits per heavy atom. The van der Waals surface area contributed by atoms with Gasteiger partial charge in [-0.05, 0) is 37.5 Å². The van der Waals surface area contributed by atoms with Gasteiger partial charge in [0.2, 0.25) is 5.95 Å². The van der Waals surface area contributed by atoms with Gasteiger partial charge < -0.3 is 9.47 Å². The maximum atomic E-state index is 13.4. The summed E-state index contributed by atoms with van der Waals surface area (Å²) in [6.07, 6.45) is 1.52. The van der Waals surface area contributed by atoms with Gasteiger partial charge in [-0.25, -0.2) is 4.79 Å². The van der Waals surface area contributed by atoms with Gasteiger partial charge in [0.25, 0.3) is 5.56 Å². The molecule has 2 aromatic carbocycles. The van der Waals surface area contributed by atoms with Gasteiger partial charge in [0, 0.05) is 32.4 Å². The Hall–Kier alpha value is -3.61. The van der Waals surface area contributed by atoms with Crippen molar-refractivity contribution in [1.29, 1.82) is 0 Å². The van der Waals surface area contributed by atoms with E-state index in [1.54, 1.807) is 7.05 Å².